The van der Waals surface area contributed by atoms with Gasteiger partial charge >= 0.3 is 0 Å². The van der Waals surface area contributed by atoms with Crippen LogP contribution in [0.3, 0.4) is 0 Å². The van der Waals surface area contributed by atoms with Gasteiger partial charge in [-0.25, -0.2) is 4.98 Å². The number of aliphatic hydroxyl groups excluding tert-OH is 1. The quantitative estimate of drug-likeness (QED) is 0.827. The van der Waals surface area contributed by atoms with Crippen LogP contribution in [0.2, 0.25) is 0 Å². The van der Waals surface area contributed by atoms with Gasteiger partial charge in [0.25, 0.3) is 0 Å². The number of hydrogen-bond acceptors (Lipinski definition) is 4. The molecule has 84 valence electrons. The Morgan fingerprint density at radius 2 is 2.33 bits per heavy atom. The fraction of sp³-hybridized carbons (Fsp3) is 0.727. The Hall–Kier alpha value is -0.870. The molecule has 0 saturated carbocycles. The molecule has 2 rings (SSSR count). The fourth-order valence-corrected chi connectivity index (χ4v) is 1.92. The molecule has 1 aromatic rings. The van der Waals surface area contributed by atoms with Gasteiger partial charge in [-0.05, 0) is 26.2 Å². The Kier molecular flexibility index (Phi) is 3.38. The van der Waals surface area contributed by atoms with Crippen LogP contribution in [-0.4, -0.2) is 23.3 Å². The third-order valence-electron chi connectivity index (χ3n) is 2.69. The van der Waals surface area contributed by atoms with E-state index in [0.717, 1.165) is 30.9 Å². The maximum atomic E-state index is 8.80. The van der Waals surface area contributed by atoms with Crippen LogP contribution in [0.4, 0.5) is 0 Å². The first-order valence-electron chi connectivity index (χ1n) is 5.50. The smallest absolute Gasteiger partial charge is 0.197 e. The summed E-state index contributed by atoms with van der Waals surface area (Å²) in [7, 11) is 0. The molecule has 1 aliphatic heterocycles. The molecular formula is C11H17NO3. The van der Waals surface area contributed by atoms with Crippen molar-refractivity contribution >= 4 is 0 Å². The average Bonchev–Trinajstić information content (AvgIpc) is 2.61. The summed E-state index contributed by atoms with van der Waals surface area (Å²) in [5.74, 6) is 1.43. The van der Waals surface area contributed by atoms with Gasteiger partial charge in [-0.15, -0.1) is 0 Å². The molecule has 1 atom stereocenters. The molecule has 15 heavy (non-hydrogen) atoms. The van der Waals surface area contributed by atoms with Gasteiger partial charge in [-0.2, -0.15) is 0 Å². The predicted octanol–water partition coefficient (Wildman–Crippen LogP) is 1.76. The minimum Gasteiger partial charge on any atom is -0.446 e. The highest BCUT2D eigenvalue weighted by Gasteiger charge is 2.22. The van der Waals surface area contributed by atoms with Crippen LogP contribution in [0.15, 0.2) is 4.42 Å². The van der Waals surface area contributed by atoms with Crippen molar-refractivity contribution in [3.05, 3.63) is 17.3 Å². The van der Waals surface area contributed by atoms with E-state index in [2.05, 4.69) is 4.98 Å². The van der Waals surface area contributed by atoms with Crippen LogP contribution < -0.4 is 0 Å². The van der Waals surface area contributed by atoms with Crippen LogP contribution >= 0.6 is 0 Å². The number of oxazole rings is 1. The van der Waals surface area contributed by atoms with E-state index >= 15 is 0 Å². The minimum absolute atomic E-state index is 0.0743. The van der Waals surface area contributed by atoms with Gasteiger partial charge in [0.1, 0.15) is 17.6 Å². The van der Waals surface area contributed by atoms with E-state index in [1.807, 2.05) is 6.92 Å². The molecule has 1 aliphatic rings. The third kappa shape index (κ3) is 2.38. The fourth-order valence-electron chi connectivity index (χ4n) is 1.92. The average molecular weight is 211 g/mol. The van der Waals surface area contributed by atoms with E-state index in [0.29, 0.717) is 12.3 Å². The highest BCUT2D eigenvalue weighted by molar-refractivity contribution is 5.12. The number of aryl methyl sites for hydroxylation is 1. The second kappa shape index (κ2) is 4.77. The monoisotopic (exact) mass is 211 g/mol. The Labute approximate surface area is 89.3 Å². The van der Waals surface area contributed by atoms with Gasteiger partial charge in [0.2, 0.25) is 0 Å². The van der Waals surface area contributed by atoms with Gasteiger partial charge in [0, 0.05) is 13.0 Å². The SMILES string of the molecule is Cc1oc(CCO)nc1C1CCCCO1. The van der Waals surface area contributed by atoms with E-state index in [1.165, 1.54) is 6.42 Å². The summed E-state index contributed by atoms with van der Waals surface area (Å²) in [6.07, 6.45) is 3.91. The van der Waals surface area contributed by atoms with E-state index in [-0.39, 0.29) is 12.7 Å². The zero-order valence-electron chi connectivity index (χ0n) is 9.03. The van der Waals surface area contributed by atoms with Crippen molar-refractivity contribution in [3.63, 3.8) is 0 Å². The molecule has 4 heteroatoms. The van der Waals surface area contributed by atoms with Gasteiger partial charge < -0.3 is 14.3 Å². The summed E-state index contributed by atoms with van der Waals surface area (Å²) >= 11 is 0. The first kappa shape index (κ1) is 10.6. The lowest BCUT2D eigenvalue weighted by molar-refractivity contribution is 0.0117. The first-order valence-corrected chi connectivity index (χ1v) is 5.50. The van der Waals surface area contributed by atoms with E-state index in [9.17, 15) is 0 Å². The summed E-state index contributed by atoms with van der Waals surface area (Å²) in [4.78, 5) is 4.37. The van der Waals surface area contributed by atoms with Crippen LogP contribution in [0, 0.1) is 6.92 Å². The van der Waals surface area contributed by atoms with Gasteiger partial charge in [0.05, 0.1) is 6.61 Å². The third-order valence-corrected chi connectivity index (χ3v) is 2.69. The molecule has 0 aliphatic carbocycles. The van der Waals surface area contributed by atoms with Crippen LogP contribution in [0.25, 0.3) is 0 Å². The molecule has 1 saturated heterocycles. The molecule has 0 radical (unpaired) electrons. The molecule has 0 aromatic carbocycles. The lowest BCUT2D eigenvalue weighted by atomic mass is 10.1. The largest absolute Gasteiger partial charge is 0.446 e. The van der Waals surface area contributed by atoms with Crippen LogP contribution in [0.1, 0.15) is 42.7 Å². The van der Waals surface area contributed by atoms with Gasteiger partial charge in [-0.3, -0.25) is 0 Å². The molecule has 0 bridgehead atoms. The summed E-state index contributed by atoms with van der Waals surface area (Å²) in [6, 6.07) is 0. The van der Waals surface area contributed by atoms with E-state index < -0.39 is 0 Å². The maximum Gasteiger partial charge on any atom is 0.197 e. The van der Waals surface area contributed by atoms with Crippen molar-refractivity contribution in [3.8, 4) is 0 Å². The Morgan fingerprint density at radius 1 is 1.47 bits per heavy atom. The predicted molar refractivity (Wildman–Crippen MR) is 54.6 cm³/mol. The molecule has 2 heterocycles. The standard InChI is InChI=1S/C11H17NO3/c1-8-11(9-4-2-3-7-14-9)12-10(15-8)5-6-13/h9,13H,2-7H2,1H3. The van der Waals surface area contributed by atoms with Gasteiger partial charge in [-0.1, -0.05) is 0 Å². The molecule has 0 spiro atoms. The minimum atomic E-state index is 0.0743. The van der Waals surface area contributed by atoms with Crippen molar-refractivity contribution in [2.24, 2.45) is 0 Å². The lowest BCUT2D eigenvalue weighted by Crippen LogP contribution is -2.12. The number of nitrogens with zero attached hydrogens (tertiary/aromatic N) is 1. The Morgan fingerprint density at radius 3 is 3.00 bits per heavy atom. The Bertz CT molecular complexity index is 316. The summed E-state index contributed by atoms with van der Waals surface area (Å²) in [5.41, 5.74) is 0.915. The molecule has 4 nitrogen and oxygen atoms in total. The van der Waals surface area contributed by atoms with Crippen molar-refractivity contribution in [1.82, 2.24) is 4.98 Å². The molecule has 1 aromatic heterocycles. The van der Waals surface area contributed by atoms with Gasteiger partial charge in [0.15, 0.2) is 5.89 Å². The van der Waals surface area contributed by atoms with Crippen LogP contribution in [0.5, 0.6) is 0 Å². The molecule has 1 N–H and O–H groups in total. The maximum absolute atomic E-state index is 8.80. The molecular weight excluding hydrogens is 194 g/mol. The first-order chi connectivity index (χ1) is 7.31. The second-order valence-corrected chi connectivity index (χ2v) is 3.88. The molecule has 0 amide bonds. The van der Waals surface area contributed by atoms with Crippen LogP contribution in [-0.2, 0) is 11.2 Å². The van der Waals surface area contributed by atoms with E-state index in [4.69, 9.17) is 14.3 Å². The van der Waals surface area contributed by atoms with Crippen molar-refractivity contribution in [1.29, 1.82) is 0 Å². The topological polar surface area (TPSA) is 55.5 Å². The van der Waals surface area contributed by atoms with Crippen molar-refractivity contribution in [2.75, 3.05) is 13.2 Å². The summed E-state index contributed by atoms with van der Waals surface area (Å²) in [6.45, 7) is 2.79. The number of ether oxygens (including phenoxy) is 1. The number of rotatable bonds is 3. The lowest BCUT2D eigenvalue weighted by Gasteiger charge is -2.20. The normalized spacial score (nSPS) is 21.9. The molecule has 1 fully saturated rings. The highest BCUT2D eigenvalue weighted by Crippen LogP contribution is 2.29. The summed E-state index contributed by atoms with van der Waals surface area (Å²) < 4.78 is 11.1. The zero-order valence-corrected chi connectivity index (χ0v) is 9.03. The number of aromatic nitrogens is 1. The van der Waals surface area contributed by atoms with Crippen molar-refractivity contribution < 1.29 is 14.3 Å². The molecule has 1 unspecified atom stereocenters. The second-order valence-electron chi connectivity index (χ2n) is 3.88. The number of hydrogen-bond donors (Lipinski definition) is 1. The van der Waals surface area contributed by atoms with Crippen molar-refractivity contribution in [2.45, 2.75) is 38.7 Å². The number of aliphatic hydroxyl groups is 1. The summed E-state index contributed by atoms with van der Waals surface area (Å²) in [5, 5.41) is 8.80. The Balaban J connectivity index is 2.11. The van der Waals surface area contributed by atoms with E-state index in [1.54, 1.807) is 0 Å². The zero-order chi connectivity index (χ0) is 10.7. The highest BCUT2D eigenvalue weighted by atomic mass is 16.5.